The molecule has 0 aliphatic heterocycles. The van der Waals surface area contributed by atoms with E-state index in [0.29, 0.717) is 6.26 Å². The van der Waals surface area contributed by atoms with Crippen LogP contribution in [0, 0.1) is 0 Å². The lowest BCUT2D eigenvalue weighted by Crippen LogP contribution is -1.38. The highest BCUT2D eigenvalue weighted by Gasteiger charge is 1.22. The molecular formula is C2H3NO. The topological polar surface area (TPSA) is 45.2 Å². The van der Waals surface area contributed by atoms with Gasteiger partial charge in [-0.25, -0.2) is 0 Å². The fourth-order valence-electron chi connectivity index (χ4n) is 0. The molecule has 0 aromatic carbocycles. The average molecular weight is 57.1 g/mol. The first-order valence-corrected chi connectivity index (χ1v) is 0.801. The summed E-state index contributed by atoms with van der Waals surface area (Å²) in [4.78, 5) is 0. The van der Waals surface area contributed by atoms with Crippen LogP contribution in [0.15, 0.2) is 6.26 Å². The van der Waals surface area contributed by atoms with E-state index >= 15 is 0 Å². The first kappa shape index (κ1) is 3.25. The smallest absolute Gasteiger partial charge is 0.238 e. The SMILES string of the molecule is [N-]=C=C[OH2+]. The van der Waals surface area contributed by atoms with Gasteiger partial charge >= 0.3 is 0 Å². The molecule has 0 radical (unpaired) electrons. The lowest BCUT2D eigenvalue weighted by Gasteiger charge is -1.53. The summed E-state index contributed by atoms with van der Waals surface area (Å²) in [5, 5.41) is 13.3. The summed E-state index contributed by atoms with van der Waals surface area (Å²) < 4.78 is 0. The third kappa shape index (κ3) is 1.25. The Morgan fingerprint density at radius 1 is 2.00 bits per heavy atom. The number of hydrogen-bond acceptors (Lipinski definition) is 0. The van der Waals surface area contributed by atoms with Gasteiger partial charge in [-0.2, -0.15) is 5.87 Å². The molecule has 2 heteroatoms. The standard InChI is InChI=1S/C2H2NO/c3-1-2-4/h2,4H/q-1/p+1. The molecule has 0 aliphatic carbocycles. The normalized spacial score (nSPS) is 4.00. The highest BCUT2D eigenvalue weighted by molar-refractivity contribution is 5.52. The summed E-state index contributed by atoms with van der Waals surface area (Å²) in [6, 6.07) is 0. The Morgan fingerprint density at radius 3 is 2.25 bits per heavy atom. The zero-order chi connectivity index (χ0) is 3.41. The minimum atomic E-state index is 0.681. The molecular weight excluding hydrogens is 54.0 g/mol. The molecule has 0 heterocycles. The minimum absolute atomic E-state index is 0.681. The molecule has 0 aromatic rings. The molecule has 0 fully saturated rings. The van der Waals surface area contributed by atoms with E-state index in [1.165, 1.54) is 5.87 Å². The number of rotatable bonds is 0. The van der Waals surface area contributed by atoms with Gasteiger partial charge in [0.2, 0.25) is 6.26 Å². The third-order valence-corrected chi connectivity index (χ3v) is 0.0645. The fourth-order valence-corrected chi connectivity index (χ4v) is 0. The molecule has 0 spiro atoms. The largest absolute Gasteiger partial charge is 0.756 e. The van der Waals surface area contributed by atoms with Gasteiger partial charge in [-0.05, 0) is 0 Å². The van der Waals surface area contributed by atoms with Gasteiger partial charge in [-0.15, -0.1) is 0 Å². The van der Waals surface area contributed by atoms with Gasteiger partial charge in [0, 0.05) is 0 Å². The van der Waals surface area contributed by atoms with Crippen molar-refractivity contribution in [1.82, 2.24) is 0 Å². The Kier molecular flexibility index (Phi) is 1.83. The first-order chi connectivity index (χ1) is 1.91. The van der Waals surface area contributed by atoms with Crippen LogP contribution in [0.1, 0.15) is 0 Å². The van der Waals surface area contributed by atoms with Gasteiger partial charge in [-0.3, -0.25) is 0 Å². The number of nitrogens with zero attached hydrogens (tertiary/aromatic N) is 1. The molecule has 2 nitrogen and oxygen atoms in total. The van der Waals surface area contributed by atoms with E-state index in [4.69, 9.17) is 10.5 Å². The lowest BCUT2D eigenvalue weighted by molar-refractivity contribution is 0.481. The fraction of sp³-hybridized carbons (Fsp3) is 0. The maximum Gasteiger partial charge on any atom is 0.238 e. The van der Waals surface area contributed by atoms with Gasteiger partial charge < -0.3 is 10.5 Å². The van der Waals surface area contributed by atoms with E-state index in [1.807, 2.05) is 0 Å². The van der Waals surface area contributed by atoms with Crippen molar-refractivity contribution >= 4 is 5.87 Å². The molecule has 0 amide bonds. The van der Waals surface area contributed by atoms with Crippen molar-refractivity contribution in [2.75, 3.05) is 0 Å². The monoisotopic (exact) mass is 57.0 g/mol. The molecule has 0 saturated heterocycles. The number of hydrogen-bond donors (Lipinski definition) is 0. The second kappa shape index (κ2) is 2.25. The Labute approximate surface area is 23.9 Å². The summed E-state index contributed by atoms with van der Waals surface area (Å²) in [5.74, 6) is 1.47. The minimum Gasteiger partial charge on any atom is -0.756 e. The maximum atomic E-state index is 7.38. The van der Waals surface area contributed by atoms with Crippen molar-refractivity contribution < 1.29 is 5.11 Å². The lowest BCUT2D eigenvalue weighted by atomic mass is 11.1. The second-order valence-corrected chi connectivity index (χ2v) is 0.273. The van der Waals surface area contributed by atoms with Crippen LogP contribution in [0.5, 0.6) is 0 Å². The van der Waals surface area contributed by atoms with Crippen molar-refractivity contribution in [2.45, 2.75) is 0 Å². The average Bonchev–Trinajstić information content (AvgIpc) is 1.37. The Balaban J connectivity index is 3.11. The molecule has 0 unspecified atom stereocenters. The Morgan fingerprint density at radius 2 is 2.25 bits per heavy atom. The van der Waals surface area contributed by atoms with Crippen LogP contribution < -0.4 is 0 Å². The predicted octanol–water partition coefficient (Wildman–Crippen LogP) is -0.536. The van der Waals surface area contributed by atoms with Crippen LogP contribution >= 0.6 is 0 Å². The van der Waals surface area contributed by atoms with Crippen LogP contribution in [0.3, 0.4) is 0 Å². The van der Waals surface area contributed by atoms with Crippen LogP contribution in [0.25, 0.3) is 5.41 Å². The van der Waals surface area contributed by atoms with Crippen LogP contribution in [0.4, 0.5) is 0 Å². The van der Waals surface area contributed by atoms with Crippen LogP contribution in [-0.4, -0.2) is 11.0 Å². The van der Waals surface area contributed by atoms with Gasteiger partial charge in [0.25, 0.3) is 0 Å². The van der Waals surface area contributed by atoms with E-state index in [9.17, 15) is 0 Å². The molecule has 4 heavy (non-hydrogen) atoms. The summed E-state index contributed by atoms with van der Waals surface area (Å²) >= 11 is 0. The highest BCUT2D eigenvalue weighted by Crippen LogP contribution is 1.27. The summed E-state index contributed by atoms with van der Waals surface area (Å²) in [6.45, 7) is 0. The molecule has 22 valence electrons. The van der Waals surface area contributed by atoms with Crippen molar-refractivity contribution in [1.29, 1.82) is 0 Å². The molecule has 2 N–H and O–H groups in total. The van der Waals surface area contributed by atoms with Crippen molar-refractivity contribution in [3.63, 3.8) is 0 Å². The van der Waals surface area contributed by atoms with E-state index < -0.39 is 0 Å². The summed E-state index contributed by atoms with van der Waals surface area (Å²) in [7, 11) is 0. The second-order valence-electron chi connectivity index (χ2n) is 0.273. The van der Waals surface area contributed by atoms with Crippen LogP contribution in [-0.2, 0) is 0 Å². The zero-order valence-electron chi connectivity index (χ0n) is 2.02. The van der Waals surface area contributed by atoms with E-state index in [-0.39, 0.29) is 0 Å². The first-order valence-electron chi connectivity index (χ1n) is 0.801. The predicted molar refractivity (Wildman–Crippen MR) is 16.5 cm³/mol. The van der Waals surface area contributed by atoms with Gasteiger partial charge in [0.1, 0.15) is 0 Å². The maximum absolute atomic E-state index is 7.38. The Bertz CT molecular complexity index is 44.0. The molecule has 0 aliphatic rings. The summed E-state index contributed by atoms with van der Waals surface area (Å²) in [6.07, 6.45) is 0.681. The zero-order valence-corrected chi connectivity index (χ0v) is 2.02. The molecule has 0 bridgehead atoms. The van der Waals surface area contributed by atoms with E-state index in [1.54, 1.807) is 0 Å². The third-order valence-electron chi connectivity index (χ3n) is 0.0645. The molecule has 0 aromatic heterocycles. The molecule has 0 rings (SSSR count). The van der Waals surface area contributed by atoms with Crippen molar-refractivity contribution in [3.8, 4) is 0 Å². The molecule has 0 atom stereocenters. The van der Waals surface area contributed by atoms with Gasteiger partial charge in [0.15, 0.2) is 0 Å². The quantitative estimate of drug-likeness (QED) is 0.204. The van der Waals surface area contributed by atoms with Crippen molar-refractivity contribution in [3.05, 3.63) is 11.7 Å². The van der Waals surface area contributed by atoms with Gasteiger partial charge in [0.05, 0.1) is 0 Å². The highest BCUT2D eigenvalue weighted by atomic mass is 16.2. The van der Waals surface area contributed by atoms with E-state index in [2.05, 4.69) is 0 Å². The summed E-state index contributed by atoms with van der Waals surface area (Å²) in [5.41, 5.74) is 0. The van der Waals surface area contributed by atoms with Gasteiger partial charge in [-0.1, -0.05) is 0 Å². The molecule has 0 saturated carbocycles. The van der Waals surface area contributed by atoms with E-state index in [0.717, 1.165) is 0 Å². The Hall–Kier alpha value is -0.750. The van der Waals surface area contributed by atoms with Crippen LogP contribution in [0.2, 0.25) is 0 Å². The van der Waals surface area contributed by atoms with Crippen molar-refractivity contribution in [2.24, 2.45) is 0 Å².